The number of ether oxygens (including phenoxy) is 1. The molecule has 0 bridgehead atoms. The van der Waals surface area contributed by atoms with Gasteiger partial charge in [0.2, 0.25) is 0 Å². The lowest BCUT2D eigenvalue weighted by Gasteiger charge is -2.36. The van der Waals surface area contributed by atoms with Crippen molar-refractivity contribution in [1.82, 2.24) is 4.98 Å². The summed E-state index contributed by atoms with van der Waals surface area (Å²) in [7, 11) is 0. The van der Waals surface area contributed by atoms with Gasteiger partial charge in [-0.2, -0.15) is 0 Å². The van der Waals surface area contributed by atoms with E-state index in [9.17, 15) is 4.79 Å². The van der Waals surface area contributed by atoms with Crippen LogP contribution in [-0.4, -0.2) is 16.7 Å². The minimum absolute atomic E-state index is 0.0471. The third-order valence-corrected chi connectivity index (χ3v) is 4.39. The molecule has 0 saturated heterocycles. The molecule has 1 aromatic carbocycles. The normalized spacial score (nSPS) is 16.9. The molecule has 132 valence electrons. The SMILES string of the molecule is Cc1ccnc(N(C(=O)OC(C)(C)C)[C@@H]2CCCc3ccccc32)c1. The number of carbonyl (C=O) groups is 1. The summed E-state index contributed by atoms with van der Waals surface area (Å²) in [5, 5.41) is 0. The highest BCUT2D eigenvalue weighted by molar-refractivity contribution is 5.88. The van der Waals surface area contributed by atoms with Gasteiger partial charge in [0.1, 0.15) is 11.4 Å². The number of hydrogen-bond donors (Lipinski definition) is 0. The molecule has 1 atom stereocenters. The Morgan fingerprint density at radius 2 is 2.00 bits per heavy atom. The van der Waals surface area contributed by atoms with Gasteiger partial charge in [-0.05, 0) is 75.8 Å². The van der Waals surface area contributed by atoms with E-state index in [4.69, 9.17) is 4.74 Å². The molecule has 3 rings (SSSR count). The molecule has 1 aliphatic carbocycles. The molecule has 0 saturated carbocycles. The van der Waals surface area contributed by atoms with Gasteiger partial charge in [0.15, 0.2) is 0 Å². The van der Waals surface area contributed by atoms with Crippen molar-refractivity contribution in [3.05, 3.63) is 59.3 Å². The molecular weight excluding hydrogens is 312 g/mol. The molecule has 0 radical (unpaired) electrons. The van der Waals surface area contributed by atoms with Crippen molar-refractivity contribution < 1.29 is 9.53 Å². The molecule has 1 aromatic heterocycles. The first-order valence-corrected chi connectivity index (χ1v) is 8.88. The summed E-state index contributed by atoms with van der Waals surface area (Å²) in [6.45, 7) is 7.68. The molecule has 1 amide bonds. The zero-order valence-electron chi connectivity index (χ0n) is 15.5. The Kier molecular flexibility index (Phi) is 4.80. The number of aromatic nitrogens is 1. The predicted octanol–water partition coefficient (Wildman–Crippen LogP) is 5.21. The molecule has 4 heteroatoms. The Balaban J connectivity index is 2.04. The number of amides is 1. The van der Waals surface area contributed by atoms with Gasteiger partial charge in [0.05, 0.1) is 6.04 Å². The summed E-state index contributed by atoms with van der Waals surface area (Å²) in [6, 6.07) is 12.2. The van der Waals surface area contributed by atoms with E-state index < -0.39 is 5.60 Å². The standard InChI is InChI=1S/C21H26N2O2/c1-15-12-13-22-19(14-15)23(20(24)25-21(2,3)4)18-11-7-9-16-8-5-6-10-17(16)18/h5-6,8,10,12-14,18H,7,9,11H2,1-4H3/t18-/m1/s1. The van der Waals surface area contributed by atoms with Crippen LogP contribution in [0, 0.1) is 6.92 Å². The molecule has 2 aromatic rings. The van der Waals surface area contributed by atoms with Crippen LogP contribution in [0.5, 0.6) is 0 Å². The average Bonchev–Trinajstić information content (AvgIpc) is 2.54. The topological polar surface area (TPSA) is 42.4 Å². The van der Waals surface area contributed by atoms with E-state index in [1.807, 2.05) is 45.9 Å². The average molecular weight is 338 g/mol. The fourth-order valence-corrected chi connectivity index (χ4v) is 3.34. The second-order valence-electron chi connectivity index (χ2n) is 7.65. The molecule has 1 aliphatic rings. The lowest BCUT2D eigenvalue weighted by molar-refractivity contribution is 0.0560. The van der Waals surface area contributed by atoms with Crippen LogP contribution >= 0.6 is 0 Å². The second kappa shape index (κ2) is 6.87. The van der Waals surface area contributed by atoms with E-state index in [1.54, 1.807) is 11.1 Å². The lowest BCUT2D eigenvalue weighted by atomic mass is 9.87. The van der Waals surface area contributed by atoms with Crippen LogP contribution in [0.15, 0.2) is 42.6 Å². The van der Waals surface area contributed by atoms with Crippen LogP contribution in [0.3, 0.4) is 0 Å². The predicted molar refractivity (Wildman–Crippen MR) is 99.8 cm³/mol. The van der Waals surface area contributed by atoms with Crippen molar-refractivity contribution in [1.29, 1.82) is 0 Å². The number of nitrogens with zero attached hydrogens (tertiary/aromatic N) is 2. The maximum Gasteiger partial charge on any atom is 0.416 e. The minimum atomic E-state index is -0.548. The highest BCUT2D eigenvalue weighted by Gasteiger charge is 2.34. The van der Waals surface area contributed by atoms with Crippen LogP contribution in [0.1, 0.15) is 56.3 Å². The molecule has 25 heavy (non-hydrogen) atoms. The minimum Gasteiger partial charge on any atom is -0.443 e. The van der Waals surface area contributed by atoms with Gasteiger partial charge in [0.25, 0.3) is 0 Å². The zero-order valence-corrected chi connectivity index (χ0v) is 15.5. The van der Waals surface area contributed by atoms with Gasteiger partial charge in [-0.3, -0.25) is 4.90 Å². The van der Waals surface area contributed by atoms with E-state index in [1.165, 1.54) is 11.1 Å². The van der Waals surface area contributed by atoms with Gasteiger partial charge in [-0.25, -0.2) is 9.78 Å². The van der Waals surface area contributed by atoms with Crippen molar-refractivity contribution in [2.75, 3.05) is 4.90 Å². The van der Waals surface area contributed by atoms with E-state index >= 15 is 0 Å². The summed E-state index contributed by atoms with van der Waals surface area (Å²) in [5.74, 6) is 0.649. The number of rotatable bonds is 2. The number of pyridine rings is 1. The molecule has 0 unspecified atom stereocenters. The Morgan fingerprint density at radius 3 is 2.72 bits per heavy atom. The highest BCUT2D eigenvalue weighted by atomic mass is 16.6. The third-order valence-electron chi connectivity index (χ3n) is 4.39. The van der Waals surface area contributed by atoms with Crippen molar-refractivity contribution in [3.63, 3.8) is 0 Å². The van der Waals surface area contributed by atoms with E-state index in [-0.39, 0.29) is 12.1 Å². The van der Waals surface area contributed by atoms with Crippen LogP contribution in [-0.2, 0) is 11.2 Å². The van der Waals surface area contributed by atoms with Crippen LogP contribution in [0.25, 0.3) is 0 Å². The van der Waals surface area contributed by atoms with E-state index in [2.05, 4.69) is 23.2 Å². The highest BCUT2D eigenvalue weighted by Crippen LogP contribution is 2.37. The van der Waals surface area contributed by atoms with Gasteiger partial charge < -0.3 is 4.74 Å². The second-order valence-corrected chi connectivity index (χ2v) is 7.65. The zero-order chi connectivity index (χ0) is 18.0. The number of benzene rings is 1. The Morgan fingerprint density at radius 1 is 1.24 bits per heavy atom. The summed E-state index contributed by atoms with van der Waals surface area (Å²) in [6.07, 6.45) is 4.42. The molecule has 0 aliphatic heterocycles. The largest absolute Gasteiger partial charge is 0.443 e. The molecule has 4 nitrogen and oxygen atoms in total. The fourth-order valence-electron chi connectivity index (χ4n) is 3.34. The maximum absolute atomic E-state index is 13.0. The number of fused-ring (bicyclic) bond motifs is 1. The van der Waals surface area contributed by atoms with Gasteiger partial charge in [-0.15, -0.1) is 0 Å². The van der Waals surface area contributed by atoms with Gasteiger partial charge in [0, 0.05) is 6.20 Å². The van der Waals surface area contributed by atoms with E-state index in [0.29, 0.717) is 5.82 Å². The first kappa shape index (κ1) is 17.5. The fraction of sp³-hybridized carbons (Fsp3) is 0.429. The smallest absolute Gasteiger partial charge is 0.416 e. The number of carbonyl (C=O) groups excluding carboxylic acids is 1. The molecule has 0 N–H and O–H groups in total. The van der Waals surface area contributed by atoms with Crippen molar-refractivity contribution in [2.24, 2.45) is 0 Å². The van der Waals surface area contributed by atoms with Gasteiger partial charge >= 0.3 is 6.09 Å². The molecule has 0 fully saturated rings. The summed E-state index contributed by atoms with van der Waals surface area (Å²) in [4.78, 5) is 19.2. The molecule has 0 spiro atoms. The number of anilines is 1. The van der Waals surface area contributed by atoms with E-state index in [0.717, 1.165) is 24.8 Å². The Labute approximate surface area is 149 Å². The van der Waals surface area contributed by atoms with Crippen molar-refractivity contribution in [2.45, 2.75) is 58.6 Å². The van der Waals surface area contributed by atoms with Crippen LogP contribution in [0.2, 0.25) is 0 Å². The molecular formula is C21H26N2O2. The van der Waals surface area contributed by atoms with Crippen LogP contribution < -0.4 is 4.90 Å². The summed E-state index contributed by atoms with van der Waals surface area (Å²) >= 11 is 0. The summed E-state index contributed by atoms with van der Waals surface area (Å²) in [5.41, 5.74) is 3.03. The summed E-state index contributed by atoms with van der Waals surface area (Å²) < 4.78 is 5.71. The quantitative estimate of drug-likeness (QED) is 0.755. The third kappa shape index (κ3) is 4.01. The Bertz CT molecular complexity index is 764. The number of aryl methyl sites for hydroxylation is 2. The van der Waals surface area contributed by atoms with Crippen molar-refractivity contribution >= 4 is 11.9 Å². The first-order chi connectivity index (χ1) is 11.8. The van der Waals surface area contributed by atoms with Gasteiger partial charge in [-0.1, -0.05) is 24.3 Å². The maximum atomic E-state index is 13.0. The van der Waals surface area contributed by atoms with Crippen LogP contribution in [0.4, 0.5) is 10.6 Å². The first-order valence-electron chi connectivity index (χ1n) is 8.88. The lowest BCUT2D eigenvalue weighted by Crippen LogP contribution is -2.41. The number of hydrogen-bond acceptors (Lipinski definition) is 3. The molecule has 1 heterocycles. The van der Waals surface area contributed by atoms with Crippen molar-refractivity contribution in [3.8, 4) is 0 Å². The monoisotopic (exact) mass is 338 g/mol. The Hall–Kier alpha value is -2.36.